The summed E-state index contributed by atoms with van der Waals surface area (Å²) in [5.41, 5.74) is 2.61. The zero-order chi connectivity index (χ0) is 19.5. The van der Waals surface area contributed by atoms with Gasteiger partial charge in [-0.1, -0.05) is 34.6 Å². The molecule has 0 aliphatic carbocycles. The Morgan fingerprint density at radius 3 is 2.32 bits per heavy atom. The lowest BCUT2D eigenvalue weighted by atomic mass is 10.4. The molecule has 0 aliphatic heterocycles. The molecule has 0 fully saturated rings. The molecule has 1 atom stereocenters. The Hall–Kier alpha value is 0.500. The molecule has 3 N–H and O–H groups in total. The van der Waals surface area contributed by atoms with E-state index < -0.39 is 17.7 Å². The zero-order valence-corrected chi connectivity index (χ0v) is 19.0. The Labute approximate surface area is 172 Å². The van der Waals surface area contributed by atoms with Gasteiger partial charge in [0.05, 0.1) is 23.3 Å². The highest BCUT2D eigenvalue weighted by Crippen LogP contribution is 2.62. The van der Waals surface area contributed by atoms with Crippen molar-refractivity contribution >= 4 is 69.8 Å². The molecule has 1 aromatic rings. The van der Waals surface area contributed by atoms with Crippen LogP contribution in [0.3, 0.4) is 0 Å². The van der Waals surface area contributed by atoms with E-state index >= 15 is 0 Å². The number of nitrogens with two attached hydrogens (primary N) is 1. The first-order chi connectivity index (χ1) is 11.6. The fourth-order valence-corrected chi connectivity index (χ4v) is 8.71. The maximum atomic E-state index is 9.57. The molecule has 1 unspecified atom stereocenters. The van der Waals surface area contributed by atoms with Crippen LogP contribution >= 0.6 is 52.0 Å². The van der Waals surface area contributed by atoms with Gasteiger partial charge >= 0.3 is 5.97 Å². The molecule has 0 heterocycles. The Bertz CT molecular complexity index is 583. The smallest absolute Gasteiger partial charge is 0.320 e. The van der Waals surface area contributed by atoms with Gasteiger partial charge in [0.1, 0.15) is 6.04 Å². The van der Waals surface area contributed by atoms with Crippen LogP contribution in [0.15, 0.2) is 23.1 Å². The molecule has 0 bridgehead atoms. The largest absolute Gasteiger partial charge is 0.480 e. The molecule has 5 nitrogen and oxygen atoms in total. The second-order valence-electron chi connectivity index (χ2n) is 4.38. The summed E-state index contributed by atoms with van der Waals surface area (Å²) in [4.78, 5) is 10.5. The molecule has 144 valence electrons. The van der Waals surface area contributed by atoms with Gasteiger partial charge in [0.2, 0.25) is 5.69 Å². The summed E-state index contributed by atoms with van der Waals surface area (Å²) in [6, 6.07) is 4.68. The fourth-order valence-electron chi connectivity index (χ4n) is 1.17. The van der Waals surface area contributed by atoms with E-state index in [-0.39, 0.29) is 0 Å². The molecule has 0 saturated carbocycles. The lowest BCUT2D eigenvalue weighted by molar-refractivity contribution is -0.138. The van der Waals surface area contributed by atoms with Crippen molar-refractivity contribution in [3.63, 3.8) is 0 Å². The molecule has 0 aromatic heterocycles. The Kier molecular flexibility index (Phi) is 13.9. The molecule has 0 radical (unpaired) electrons. The van der Waals surface area contributed by atoms with Crippen LogP contribution in [0.25, 0.3) is 0 Å². The average molecular weight is 466 g/mol. The molecule has 1 rings (SSSR count). The van der Waals surface area contributed by atoms with Crippen LogP contribution in [0, 0.1) is 0 Å². The van der Waals surface area contributed by atoms with Gasteiger partial charge in [-0.15, -0.1) is 11.8 Å². The van der Waals surface area contributed by atoms with Gasteiger partial charge < -0.3 is 19.9 Å². The van der Waals surface area contributed by atoms with E-state index in [0.29, 0.717) is 23.3 Å². The zero-order valence-electron chi connectivity index (χ0n) is 14.1. The van der Waals surface area contributed by atoms with Gasteiger partial charge in [-0.25, -0.2) is 0 Å². The van der Waals surface area contributed by atoms with Crippen LogP contribution in [0.1, 0.15) is 20.8 Å². The molecule has 25 heavy (non-hydrogen) atoms. The Morgan fingerprint density at radius 2 is 1.88 bits per heavy atom. The van der Waals surface area contributed by atoms with Crippen molar-refractivity contribution in [1.82, 2.24) is 0 Å². The normalized spacial score (nSPS) is 12.2. The summed E-state index contributed by atoms with van der Waals surface area (Å²) in [7, 11) is 0. The van der Waals surface area contributed by atoms with E-state index in [1.165, 1.54) is 18.3 Å². The molecule has 11 heteroatoms. The van der Waals surface area contributed by atoms with Gasteiger partial charge in [-0.3, -0.25) is 4.79 Å². The third-order valence-corrected chi connectivity index (χ3v) is 10.1. The van der Waals surface area contributed by atoms with Crippen molar-refractivity contribution in [3.8, 4) is 0 Å². The fraction of sp³-hybridized carbons (Fsp3) is 0.500. The highest BCUT2D eigenvalue weighted by atomic mass is 35.5. The van der Waals surface area contributed by atoms with E-state index in [0.717, 1.165) is 9.98 Å². The second-order valence-corrected chi connectivity index (χ2v) is 12.9. The SMILES string of the molecule is CC(N)C(=O)O.CCOP(=S)(OCC)SCSc1cc(Cl)ccc1Cl. The standard InChI is InChI=1S/C11H15Cl2O2PS3.C3H7NO2/c1-3-14-16(17,15-4-2)19-8-18-11-7-9(12)5-6-10(11)13;1-2(4)3(5)6/h5-7H,3-4,8H2,1-2H3;2H,4H2,1H3,(H,5,6). The summed E-state index contributed by atoms with van der Waals surface area (Å²) < 4.78 is 11.1. The lowest BCUT2D eigenvalue weighted by Gasteiger charge is -2.19. The summed E-state index contributed by atoms with van der Waals surface area (Å²) in [5, 5.41) is 9.95. The van der Waals surface area contributed by atoms with E-state index in [2.05, 4.69) is 0 Å². The number of aliphatic carboxylic acids is 1. The summed E-state index contributed by atoms with van der Waals surface area (Å²) in [6.07, 6.45) is 0. The van der Waals surface area contributed by atoms with Crippen LogP contribution in [0.5, 0.6) is 0 Å². The Morgan fingerprint density at radius 1 is 1.36 bits per heavy atom. The van der Waals surface area contributed by atoms with Gasteiger partial charge in [0.25, 0.3) is 0 Å². The highest BCUT2D eigenvalue weighted by molar-refractivity contribution is 8.69. The summed E-state index contributed by atoms with van der Waals surface area (Å²) >= 11 is 20.6. The van der Waals surface area contributed by atoms with E-state index in [9.17, 15) is 4.79 Å². The maximum Gasteiger partial charge on any atom is 0.320 e. The van der Waals surface area contributed by atoms with Crippen LogP contribution in [0.2, 0.25) is 10.0 Å². The number of benzene rings is 1. The average Bonchev–Trinajstić information content (AvgIpc) is 2.51. The van der Waals surface area contributed by atoms with Crippen LogP contribution in [-0.4, -0.2) is 35.4 Å². The maximum absolute atomic E-state index is 9.57. The van der Waals surface area contributed by atoms with Gasteiger partial charge in [-0.2, -0.15) is 0 Å². The van der Waals surface area contributed by atoms with Crippen molar-refractivity contribution in [2.24, 2.45) is 5.73 Å². The number of thioether (sulfide) groups is 1. The number of carboxylic acid groups (broad SMARTS) is 1. The van der Waals surface area contributed by atoms with Crippen molar-refractivity contribution in [3.05, 3.63) is 28.2 Å². The molecular formula is C14H22Cl2NO4PS3. The molecule has 0 saturated heterocycles. The van der Waals surface area contributed by atoms with Crippen molar-refractivity contribution in [2.75, 3.05) is 18.3 Å². The number of halogens is 2. The quantitative estimate of drug-likeness (QED) is 0.281. The van der Waals surface area contributed by atoms with Gasteiger partial charge in [0, 0.05) is 9.92 Å². The second kappa shape index (κ2) is 13.6. The molecule has 0 aliphatic rings. The minimum atomic E-state index is -2.23. The van der Waals surface area contributed by atoms with Gasteiger partial charge in [0.15, 0.2) is 0 Å². The van der Waals surface area contributed by atoms with Crippen molar-refractivity contribution < 1.29 is 18.9 Å². The minimum Gasteiger partial charge on any atom is -0.480 e. The minimum absolute atomic E-state index is 0.562. The first kappa shape index (κ1) is 25.5. The first-order valence-electron chi connectivity index (χ1n) is 7.25. The monoisotopic (exact) mass is 465 g/mol. The summed E-state index contributed by atoms with van der Waals surface area (Å²) in [6.45, 7) is 6.38. The molecular weight excluding hydrogens is 444 g/mol. The third-order valence-electron chi connectivity index (χ3n) is 2.28. The first-order valence-corrected chi connectivity index (χ1v) is 13.2. The number of carboxylic acids is 1. The lowest BCUT2D eigenvalue weighted by Crippen LogP contribution is -2.25. The van der Waals surface area contributed by atoms with Crippen LogP contribution in [-0.2, 0) is 25.6 Å². The van der Waals surface area contributed by atoms with Gasteiger partial charge in [-0.05, 0) is 50.8 Å². The predicted molar refractivity (Wildman–Crippen MR) is 114 cm³/mol. The summed E-state index contributed by atoms with van der Waals surface area (Å²) in [5.74, 6) is -0.963. The predicted octanol–water partition coefficient (Wildman–Crippen LogP) is 5.49. The van der Waals surface area contributed by atoms with Crippen LogP contribution < -0.4 is 5.73 Å². The number of carbonyl (C=O) groups is 1. The van der Waals surface area contributed by atoms with Crippen molar-refractivity contribution in [1.29, 1.82) is 0 Å². The molecule has 0 spiro atoms. The van der Waals surface area contributed by atoms with E-state index in [1.54, 1.807) is 23.9 Å². The molecule has 1 aromatic carbocycles. The Balaban J connectivity index is 0.000000823. The number of rotatable bonds is 9. The van der Waals surface area contributed by atoms with E-state index in [1.807, 2.05) is 19.9 Å². The topological polar surface area (TPSA) is 81.8 Å². The number of hydrogen-bond donors (Lipinski definition) is 2. The van der Waals surface area contributed by atoms with Crippen LogP contribution in [0.4, 0.5) is 0 Å². The highest BCUT2D eigenvalue weighted by Gasteiger charge is 2.19. The third kappa shape index (κ3) is 11.7. The number of hydrogen-bond acceptors (Lipinski definition) is 7. The van der Waals surface area contributed by atoms with Crippen molar-refractivity contribution in [2.45, 2.75) is 31.7 Å². The van der Waals surface area contributed by atoms with E-state index in [4.69, 9.17) is 54.9 Å². The molecule has 0 amide bonds.